The highest BCUT2D eigenvalue weighted by Gasteiger charge is 2.36. The zero-order valence-electron chi connectivity index (χ0n) is 8.98. The lowest BCUT2D eigenvalue weighted by Crippen LogP contribution is -2.40. The Hall–Kier alpha value is -0.0400. The first-order chi connectivity index (χ1) is 5.31. The van der Waals surface area contributed by atoms with Crippen LogP contribution in [0.25, 0.3) is 0 Å². The number of hydrogen-bond donors (Lipinski definition) is 1. The van der Waals surface area contributed by atoms with E-state index < -0.39 is 0 Å². The largest absolute Gasteiger partial charge is 0.325 e. The lowest BCUT2D eigenvalue weighted by Gasteiger charge is -2.32. The zero-order valence-corrected chi connectivity index (χ0v) is 8.98. The van der Waals surface area contributed by atoms with Crippen LogP contribution in [-0.4, -0.2) is 5.54 Å². The number of rotatable bonds is 1. The van der Waals surface area contributed by atoms with Crippen molar-refractivity contribution in [3.05, 3.63) is 0 Å². The lowest BCUT2D eigenvalue weighted by atomic mass is 9.79. The summed E-state index contributed by atoms with van der Waals surface area (Å²) >= 11 is 0. The van der Waals surface area contributed by atoms with Gasteiger partial charge >= 0.3 is 0 Å². The molecule has 0 bridgehead atoms. The minimum atomic E-state index is 0.150. The molecule has 1 aliphatic carbocycles. The molecule has 2 atom stereocenters. The molecule has 2 unspecified atom stereocenters. The Labute approximate surface area is 76.7 Å². The van der Waals surface area contributed by atoms with Crippen molar-refractivity contribution >= 4 is 0 Å². The Kier molecular flexibility index (Phi) is 2.53. The normalized spacial score (nSPS) is 37.2. The summed E-state index contributed by atoms with van der Waals surface area (Å²) in [5.41, 5.74) is 6.87. The fraction of sp³-hybridized carbons (Fsp3) is 1.00. The predicted molar refractivity (Wildman–Crippen MR) is 54.0 cm³/mol. The van der Waals surface area contributed by atoms with Crippen molar-refractivity contribution in [3.63, 3.8) is 0 Å². The SMILES string of the molecule is CC1CCC(N)(CC(C)(C)C)C1. The summed E-state index contributed by atoms with van der Waals surface area (Å²) in [4.78, 5) is 0. The van der Waals surface area contributed by atoms with Gasteiger partial charge < -0.3 is 5.73 Å². The van der Waals surface area contributed by atoms with Crippen molar-refractivity contribution < 1.29 is 0 Å². The highest BCUT2D eigenvalue weighted by molar-refractivity contribution is 4.94. The summed E-state index contributed by atoms with van der Waals surface area (Å²) in [6.07, 6.45) is 4.95. The summed E-state index contributed by atoms with van der Waals surface area (Å²) in [5.74, 6) is 0.845. The van der Waals surface area contributed by atoms with Crippen LogP contribution in [0, 0.1) is 11.3 Å². The van der Waals surface area contributed by atoms with Crippen LogP contribution in [0.15, 0.2) is 0 Å². The molecule has 0 spiro atoms. The second-order valence-corrected chi connectivity index (χ2v) is 5.95. The van der Waals surface area contributed by atoms with Gasteiger partial charge in [-0.25, -0.2) is 0 Å². The van der Waals surface area contributed by atoms with Crippen LogP contribution in [0.3, 0.4) is 0 Å². The van der Waals surface area contributed by atoms with Crippen LogP contribution in [0.4, 0.5) is 0 Å². The molecule has 1 aliphatic rings. The second kappa shape index (κ2) is 3.02. The van der Waals surface area contributed by atoms with E-state index in [-0.39, 0.29) is 5.54 Å². The monoisotopic (exact) mass is 169 g/mol. The molecular formula is C11H23N. The molecule has 0 radical (unpaired) electrons. The van der Waals surface area contributed by atoms with E-state index in [1.165, 1.54) is 25.7 Å². The fourth-order valence-corrected chi connectivity index (χ4v) is 2.65. The maximum atomic E-state index is 6.34. The van der Waals surface area contributed by atoms with Crippen LogP contribution < -0.4 is 5.73 Å². The van der Waals surface area contributed by atoms with E-state index in [1.54, 1.807) is 0 Å². The van der Waals surface area contributed by atoms with Crippen LogP contribution in [0.2, 0.25) is 0 Å². The Balaban J connectivity index is 2.51. The molecular weight excluding hydrogens is 146 g/mol. The quantitative estimate of drug-likeness (QED) is 0.641. The van der Waals surface area contributed by atoms with Gasteiger partial charge in [0, 0.05) is 5.54 Å². The molecule has 1 rings (SSSR count). The van der Waals surface area contributed by atoms with Crippen molar-refractivity contribution in [2.24, 2.45) is 17.1 Å². The zero-order chi connectivity index (χ0) is 9.41. The molecule has 1 nitrogen and oxygen atoms in total. The van der Waals surface area contributed by atoms with Crippen LogP contribution in [0.1, 0.15) is 53.4 Å². The average molecular weight is 169 g/mol. The van der Waals surface area contributed by atoms with E-state index in [9.17, 15) is 0 Å². The van der Waals surface area contributed by atoms with E-state index in [1.807, 2.05) is 0 Å². The van der Waals surface area contributed by atoms with E-state index in [0.717, 1.165) is 5.92 Å². The van der Waals surface area contributed by atoms with Crippen molar-refractivity contribution in [2.45, 2.75) is 58.9 Å². The molecule has 72 valence electrons. The third-order valence-electron chi connectivity index (χ3n) is 2.77. The minimum Gasteiger partial charge on any atom is -0.325 e. The third-order valence-corrected chi connectivity index (χ3v) is 2.77. The molecule has 0 aliphatic heterocycles. The summed E-state index contributed by atoms with van der Waals surface area (Å²) in [7, 11) is 0. The molecule has 0 aromatic heterocycles. The van der Waals surface area contributed by atoms with E-state index in [4.69, 9.17) is 5.73 Å². The van der Waals surface area contributed by atoms with E-state index >= 15 is 0 Å². The van der Waals surface area contributed by atoms with Crippen molar-refractivity contribution in [3.8, 4) is 0 Å². The Bertz CT molecular complexity index is 157. The molecule has 0 saturated heterocycles. The Morgan fingerprint density at radius 1 is 1.42 bits per heavy atom. The van der Waals surface area contributed by atoms with Gasteiger partial charge in [0.25, 0.3) is 0 Å². The van der Waals surface area contributed by atoms with Crippen LogP contribution in [0.5, 0.6) is 0 Å². The van der Waals surface area contributed by atoms with E-state index in [2.05, 4.69) is 27.7 Å². The van der Waals surface area contributed by atoms with Crippen LogP contribution in [-0.2, 0) is 0 Å². The minimum absolute atomic E-state index is 0.150. The Morgan fingerprint density at radius 2 is 2.00 bits per heavy atom. The molecule has 1 saturated carbocycles. The smallest absolute Gasteiger partial charge is 0.0162 e. The lowest BCUT2D eigenvalue weighted by molar-refractivity contribution is 0.253. The molecule has 1 fully saturated rings. The summed E-state index contributed by atoms with van der Waals surface area (Å²) in [5, 5.41) is 0. The second-order valence-electron chi connectivity index (χ2n) is 5.95. The van der Waals surface area contributed by atoms with Gasteiger partial charge in [0.15, 0.2) is 0 Å². The molecule has 0 aromatic rings. The van der Waals surface area contributed by atoms with Gasteiger partial charge in [0.1, 0.15) is 0 Å². The topological polar surface area (TPSA) is 26.0 Å². The van der Waals surface area contributed by atoms with E-state index in [0.29, 0.717) is 5.41 Å². The fourth-order valence-electron chi connectivity index (χ4n) is 2.65. The average Bonchev–Trinajstić information content (AvgIpc) is 2.05. The van der Waals surface area contributed by atoms with Crippen molar-refractivity contribution in [2.75, 3.05) is 0 Å². The van der Waals surface area contributed by atoms with Crippen molar-refractivity contribution in [1.82, 2.24) is 0 Å². The predicted octanol–water partition coefficient (Wildman–Crippen LogP) is 2.94. The maximum absolute atomic E-state index is 6.34. The van der Waals surface area contributed by atoms with Gasteiger partial charge in [-0.1, -0.05) is 27.7 Å². The van der Waals surface area contributed by atoms with Gasteiger partial charge in [-0.3, -0.25) is 0 Å². The first-order valence-electron chi connectivity index (χ1n) is 5.10. The highest BCUT2D eigenvalue weighted by Crippen LogP contribution is 2.39. The maximum Gasteiger partial charge on any atom is 0.0162 e. The molecule has 0 heterocycles. The van der Waals surface area contributed by atoms with Gasteiger partial charge in [0.05, 0.1) is 0 Å². The molecule has 12 heavy (non-hydrogen) atoms. The van der Waals surface area contributed by atoms with Gasteiger partial charge in [-0.05, 0) is 37.0 Å². The summed E-state index contributed by atoms with van der Waals surface area (Å²) in [6.45, 7) is 9.16. The van der Waals surface area contributed by atoms with Gasteiger partial charge in [0.2, 0.25) is 0 Å². The molecule has 1 heteroatoms. The highest BCUT2D eigenvalue weighted by atomic mass is 14.8. The third kappa shape index (κ3) is 2.78. The van der Waals surface area contributed by atoms with Gasteiger partial charge in [-0.15, -0.1) is 0 Å². The first kappa shape index (κ1) is 10.0. The Morgan fingerprint density at radius 3 is 2.33 bits per heavy atom. The summed E-state index contributed by atoms with van der Waals surface area (Å²) < 4.78 is 0. The first-order valence-corrected chi connectivity index (χ1v) is 5.10. The summed E-state index contributed by atoms with van der Waals surface area (Å²) in [6, 6.07) is 0. The number of hydrogen-bond acceptors (Lipinski definition) is 1. The van der Waals surface area contributed by atoms with Gasteiger partial charge in [-0.2, -0.15) is 0 Å². The van der Waals surface area contributed by atoms with Crippen molar-refractivity contribution in [1.29, 1.82) is 0 Å². The number of nitrogens with two attached hydrogens (primary N) is 1. The standard InChI is InChI=1S/C11H23N/c1-9-5-6-11(12,7-9)8-10(2,3)4/h9H,5-8,12H2,1-4H3. The molecule has 2 N–H and O–H groups in total. The van der Waals surface area contributed by atoms with Crippen LogP contribution >= 0.6 is 0 Å². The molecule has 0 aromatic carbocycles. The molecule has 0 amide bonds.